The lowest BCUT2D eigenvalue weighted by Gasteiger charge is -2.12. The van der Waals surface area contributed by atoms with Crippen LogP contribution >= 0.6 is 11.3 Å². The number of carbonyl (C=O) groups excluding carboxylic acids is 2. The summed E-state index contributed by atoms with van der Waals surface area (Å²) in [6.45, 7) is 6.43. The molecule has 0 bridgehead atoms. The zero-order valence-corrected chi connectivity index (χ0v) is 19.3. The Bertz CT molecular complexity index is 1310. The first-order chi connectivity index (χ1) is 16.1. The molecule has 0 fully saturated rings. The first-order valence-corrected chi connectivity index (χ1v) is 11.8. The van der Waals surface area contributed by atoms with Gasteiger partial charge in [-0.3, -0.25) is 4.79 Å². The van der Waals surface area contributed by atoms with Crippen molar-refractivity contribution in [2.24, 2.45) is 0 Å². The van der Waals surface area contributed by atoms with E-state index in [1.54, 1.807) is 19.1 Å². The molecule has 1 N–H and O–H groups in total. The second-order valence-electron chi connectivity index (χ2n) is 7.80. The molecule has 1 aliphatic rings. The van der Waals surface area contributed by atoms with Crippen LogP contribution in [0.5, 0.6) is 0 Å². The van der Waals surface area contributed by atoms with Gasteiger partial charge >= 0.3 is 5.97 Å². The Hall–Kier alpha value is -3.63. The monoisotopic (exact) mass is 459 g/mol. The van der Waals surface area contributed by atoms with Gasteiger partial charge in [0.25, 0.3) is 5.91 Å². The topological polar surface area (TPSA) is 84.1 Å². The fraction of sp³-hybridized carbons (Fsp3) is 0.269. The summed E-state index contributed by atoms with van der Waals surface area (Å²) in [5.41, 5.74) is 3.14. The number of hydrogen-bond donors (Lipinski definition) is 1. The third kappa shape index (κ3) is 4.48. The number of thiophene rings is 1. The van der Waals surface area contributed by atoms with Crippen LogP contribution in [0.2, 0.25) is 0 Å². The SMILES string of the molecule is C=CCn1cc(/C=C(\C#N)C(=O)Nc2sc3c(c2C(=O)OCC)CCCC3)c2ccccc21. The van der Waals surface area contributed by atoms with Crippen molar-refractivity contribution in [2.45, 2.75) is 39.2 Å². The fourth-order valence-corrected chi connectivity index (χ4v) is 5.50. The van der Waals surface area contributed by atoms with Crippen molar-refractivity contribution in [2.75, 3.05) is 11.9 Å². The molecule has 7 heteroatoms. The number of hydrogen-bond acceptors (Lipinski definition) is 5. The third-order valence-corrected chi connectivity index (χ3v) is 6.90. The zero-order chi connectivity index (χ0) is 23.4. The highest BCUT2D eigenvalue weighted by Crippen LogP contribution is 2.39. The highest BCUT2D eigenvalue weighted by Gasteiger charge is 2.27. The first kappa shape index (κ1) is 22.6. The van der Waals surface area contributed by atoms with Gasteiger partial charge in [0, 0.05) is 34.1 Å². The summed E-state index contributed by atoms with van der Waals surface area (Å²) in [4.78, 5) is 26.9. The summed E-state index contributed by atoms with van der Waals surface area (Å²) in [5.74, 6) is -0.968. The van der Waals surface area contributed by atoms with Gasteiger partial charge in [0.1, 0.15) is 16.6 Å². The summed E-state index contributed by atoms with van der Waals surface area (Å²) in [6.07, 6.45) is 9.03. The van der Waals surface area contributed by atoms with Gasteiger partial charge in [-0.05, 0) is 50.3 Å². The van der Waals surface area contributed by atoms with Crippen LogP contribution < -0.4 is 5.32 Å². The third-order valence-electron chi connectivity index (χ3n) is 5.69. The number of benzene rings is 1. The van der Waals surface area contributed by atoms with Crippen LogP contribution in [0.15, 0.2) is 48.7 Å². The molecule has 0 aliphatic heterocycles. The Balaban J connectivity index is 1.69. The van der Waals surface area contributed by atoms with E-state index < -0.39 is 11.9 Å². The van der Waals surface area contributed by atoms with Gasteiger partial charge in [-0.1, -0.05) is 24.3 Å². The molecule has 1 aromatic carbocycles. The average Bonchev–Trinajstić information content (AvgIpc) is 3.35. The maximum Gasteiger partial charge on any atom is 0.341 e. The van der Waals surface area contributed by atoms with Crippen LogP contribution in [-0.2, 0) is 28.9 Å². The van der Waals surface area contributed by atoms with Crippen molar-refractivity contribution in [1.82, 2.24) is 4.57 Å². The number of allylic oxidation sites excluding steroid dienone is 1. The lowest BCUT2D eigenvalue weighted by molar-refractivity contribution is -0.112. The Morgan fingerprint density at radius 2 is 2.09 bits per heavy atom. The second-order valence-corrected chi connectivity index (χ2v) is 8.91. The molecular weight excluding hydrogens is 434 g/mol. The molecule has 168 valence electrons. The predicted molar refractivity (Wildman–Crippen MR) is 131 cm³/mol. The molecular formula is C26H25N3O3S. The summed E-state index contributed by atoms with van der Waals surface area (Å²) < 4.78 is 7.28. The van der Waals surface area contributed by atoms with Gasteiger partial charge in [0.15, 0.2) is 0 Å². The number of aryl methyl sites for hydroxylation is 1. The molecule has 1 aliphatic carbocycles. The number of amides is 1. The van der Waals surface area contributed by atoms with Gasteiger partial charge in [-0.15, -0.1) is 17.9 Å². The molecule has 0 saturated heterocycles. The van der Waals surface area contributed by atoms with Crippen LogP contribution in [0.3, 0.4) is 0 Å². The smallest absolute Gasteiger partial charge is 0.341 e. The lowest BCUT2D eigenvalue weighted by Crippen LogP contribution is -2.16. The zero-order valence-electron chi connectivity index (χ0n) is 18.5. The van der Waals surface area contributed by atoms with E-state index in [9.17, 15) is 14.9 Å². The molecule has 0 spiro atoms. The minimum absolute atomic E-state index is 0.0299. The number of ether oxygens (including phenoxy) is 1. The summed E-state index contributed by atoms with van der Waals surface area (Å²) in [7, 11) is 0. The van der Waals surface area contributed by atoms with Gasteiger partial charge in [-0.25, -0.2) is 4.79 Å². The van der Waals surface area contributed by atoms with Gasteiger partial charge in [0.2, 0.25) is 0 Å². The fourth-order valence-electron chi connectivity index (χ4n) is 4.23. The number of nitrogens with zero attached hydrogens (tertiary/aromatic N) is 2. The summed E-state index contributed by atoms with van der Waals surface area (Å²) in [5, 5.41) is 14.0. The Morgan fingerprint density at radius 1 is 1.30 bits per heavy atom. The van der Waals surface area contributed by atoms with Crippen molar-refractivity contribution in [3.05, 3.63) is 70.3 Å². The standard InChI is InChI=1S/C26H25N3O3S/c1-3-13-29-16-18(19-9-5-7-11-21(19)29)14-17(15-27)24(30)28-25-23(26(31)32-4-2)20-10-6-8-12-22(20)33-25/h3,5,7,9,11,14,16H,1,4,6,8,10,12-13H2,2H3,(H,28,30)/b17-14+. The number of fused-ring (bicyclic) bond motifs is 2. The number of para-hydroxylation sites is 1. The van der Waals surface area contributed by atoms with Gasteiger partial charge in [-0.2, -0.15) is 5.26 Å². The van der Waals surface area contributed by atoms with Crippen molar-refractivity contribution >= 4 is 45.2 Å². The number of nitriles is 1. The molecule has 0 unspecified atom stereocenters. The van der Waals surface area contributed by atoms with Crippen LogP contribution in [0.4, 0.5) is 5.00 Å². The first-order valence-electron chi connectivity index (χ1n) is 11.0. The Labute approximate surface area is 196 Å². The number of carbonyl (C=O) groups is 2. The maximum absolute atomic E-state index is 13.1. The summed E-state index contributed by atoms with van der Waals surface area (Å²) in [6, 6.07) is 9.84. The van der Waals surface area contributed by atoms with E-state index in [0.29, 0.717) is 17.1 Å². The Kier molecular flexibility index (Phi) is 6.76. The minimum Gasteiger partial charge on any atom is -0.462 e. The van der Waals surface area contributed by atoms with Crippen molar-refractivity contribution in [3.63, 3.8) is 0 Å². The molecule has 33 heavy (non-hydrogen) atoms. The van der Waals surface area contributed by atoms with E-state index in [4.69, 9.17) is 4.74 Å². The highest BCUT2D eigenvalue weighted by molar-refractivity contribution is 7.17. The van der Waals surface area contributed by atoms with E-state index in [-0.39, 0.29) is 12.2 Å². The van der Waals surface area contributed by atoms with Crippen molar-refractivity contribution < 1.29 is 14.3 Å². The number of nitrogens with one attached hydrogen (secondary N) is 1. The lowest BCUT2D eigenvalue weighted by atomic mass is 9.95. The van der Waals surface area contributed by atoms with Crippen molar-refractivity contribution in [1.29, 1.82) is 5.26 Å². The highest BCUT2D eigenvalue weighted by atomic mass is 32.1. The second kappa shape index (κ2) is 9.88. The average molecular weight is 460 g/mol. The van der Waals surface area contributed by atoms with E-state index in [1.807, 2.05) is 41.1 Å². The molecule has 0 saturated carbocycles. The molecule has 2 aromatic heterocycles. The van der Waals surface area contributed by atoms with E-state index >= 15 is 0 Å². The van der Waals surface area contributed by atoms with Crippen LogP contribution in [-0.4, -0.2) is 23.1 Å². The molecule has 6 nitrogen and oxygen atoms in total. The van der Waals surface area contributed by atoms with Gasteiger partial charge in [0.05, 0.1) is 12.2 Å². The normalized spacial score (nSPS) is 13.3. The molecule has 3 aromatic rings. The number of anilines is 1. The van der Waals surface area contributed by atoms with Gasteiger partial charge < -0.3 is 14.6 Å². The largest absolute Gasteiger partial charge is 0.462 e. The van der Waals surface area contributed by atoms with Crippen molar-refractivity contribution in [3.8, 4) is 6.07 Å². The maximum atomic E-state index is 13.1. The van der Waals surface area contributed by atoms with E-state index in [1.165, 1.54) is 11.3 Å². The van der Waals surface area contributed by atoms with E-state index in [0.717, 1.165) is 52.6 Å². The molecule has 0 radical (unpaired) electrons. The molecule has 4 rings (SSSR count). The van der Waals surface area contributed by atoms with E-state index in [2.05, 4.69) is 11.9 Å². The molecule has 1 amide bonds. The number of esters is 1. The molecule has 0 atom stereocenters. The Morgan fingerprint density at radius 3 is 2.85 bits per heavy atom. The van der Waals surface area contributed by atoms with Crippen LogP contribution in [0.1, 0.15) is 46.1 Å². The summed E-state index contributed by atoms with van der Waals surface area (Å²) >= 11 is 1.41. The predicted octanol–water partition coefficient (Wildman–Crippen LogP) is 5.49. The molecule has 2 heterocycles. The van der Waals surface area contributed by atoms with Crippen LogP contribution in [0, 0.1) is 11.3 Å². The number of rotatable bonds is 7. The van der Waals surface area contributed by atoms with Crippen LogP contribution in [0.25, 0.3) is 17.0 Å². The number of aromatic nitrogens is 1. The minimum atomic E-state index is -0.540. The quantitative estimate of drug-likeness (QED) is 0.219.